The Bertz CT molecular complexity index is 6140. The molecule has 0 atom stereocenters. The zero-order valence-electron chi connectivity index (χ0n) is 63.2. The number of hydrogen-bond acceptors (Lipinski definition) is 34. The Kier molecular flexibility index (Phi) is 28.2. The first kappa shape index (κ1) is 88.0. The van der Waals surface area contributed by atoms with Crippen molar-refractivity contribution in [3.8, 4) is 102 Å². The third-order valence-corrected chi connectivity index (χ3v) is 17.5. The van der Waals surface area contributed by atoms with E-state index in [9.17, 15) is 76.7 Å². The second-order valence-corrected chi connectivity index (χ2v) is 26.9. The SMILES string of the molecule is CCOC(=O)c1cc(Cn2nc(-c3cnc(OCC(F)(F)F)nc3)ccc2=O)on1.Cc1c(-c2ccccc2)noc1Cn1nc(-c2cnc(OCC(F)(F)F)nc2)ccc1=O.O=c1ccc(-c2cnc(OCC(F)(F)F)nc2)nn1Cc1nnc(-c2ccccn2)s1.O=c1ccc(-c2cnc(OCC(F)(F)F)nc2)nn1Cc1nnc(-c2cccnc2)s1. The molecule has 1 aromatic carbocycles. The molecule has 15 aromatic rings. The Morgan fingerprint density at radius 1 is 0.395 bits per heavy atom. The van der Waals surface area contributed by atoms with Gasteiger partial charge in [0.2, 0.25) is 0 Å². The van der Waals surface area contributed by atoms with E-state index < -0.39 is 86.7 Å². The lowest BCUT2D eigenvalue weighted by atomic mass is 10.1. The van der Waals surface area contributed by atoms with Crippen molar-refractivity contribution in [3.05, 3.63) is 258 Å². The number of ether oxygens (including phenoxy) is 5. The zero-order valence-corrected chi connectivity index (χ0v) is 64.8. The molecular weight excluding hydrogens is 1710 g/mol. The predicted molar refractivity (Wildman–Crippen MR) is 406 cm³/mol. The minimum Gasteiger partial charge on any atom is -0.461 e. The molecule has 50 heteroatoms. The smallest absolute Gasteiger partial charge is 0.422 e. The van der Waals surface area contributed by atoms with Crippen molar-refractivity contribution < 1.29 is 90.2 Å². The summed E-state index contributed by atoms with van der Waals surface area (Å²) in [6.07, 6.45) is -2.99. The van der Waals surface area contributed by atoms with E-state index in [-0.39, 0.29) is 66.6 Å². The van der Waals surface area contributed by atoms with E-state index >= 15 is 0 Å². The van der Waals surface area contributed by atoms with Crippen LogP contribution in [0.1, 0.15) is 44.5 Å². The van der Waals surface area contributed by atoms with E-state index in [4.69, 9.17) is 13.8 Å². The number of pyridine rings is 2. The summed E-state index contributed by atoms with van der Waals surface area (Å²) >= 11 is 2.59. The Hall–Kier alpha value is -15.3. The third-order valence-electron chi connectivity index (χ3n) is 15.6. The number of carbonyl (C=O) groups excluding carboxylic acids is 1. The molecule has 0 aliphatic rings. The first-order valence-electron chi connectivity index (χ1n) is 35.3. The summed E-state index contributed by atoms with van der Waals surface area (Å²) in [6, 6.07) is 29.2. The first-order chi connectivity index (χ1) is 59.3. The van der Waals surface area contributed by atoms with Crippen LogP contribution in [0.4, 0.5) is 52.7 Å². The van der Waals surface area contributed by atoms with Crippen molar-refractivity contribution in [2.45, 2.75) is 64.7 Å². The van der Waals surface area contributed by atoms with Crippen molar-refractivity contribution in [2.24, 2.45) is 0 Å². The van der Waals surface area contributed by atoms with E-state index in [0.29, 0.717) is 76.5 Å². The summed E-state index contributed by atoms with van der Waals surface area (Å²) in [5.41, 5.74) is 5.15. The summed E-state index contributed by atoms with van der Waals surface area (Å²) in [4.78, 5) is 98.5. The molecule has 0 amide bonds. The molecule has 638 valence electrons. The molecule has 0 radical (unpaired) electrons. The molecule has 0 aliphatic carbocycles. The van der Waals surface area contributed by atoms with E-state index in [2.05, 4.69) is 120 Å². The summed E-state index contributed by atoms with van der Waals surface area (Å²) in [7, 11) is 0. The molecule has 0 fully saturated rings. The minimum atomic E-state index is -4.51. The number of halogens is 12. The van der Waals surface area contributed by atoms with Crippen molar-refractivity contribution in [3.63, 3.8) is 0 Å². The number of alkyl halides is 12. The van der Waals surface area contributed by atoms with Crippen LogP contribution in [-0.2, 0) is 30.9 Å². The van der Waals surface area contributed by atoms with Gasteiger partial charge in [-0.25, -0.2) is 63.4 Å². The molecule has 15 rings (SSSR count). The lowest BCUT2D eigenvalue weighted by Crippen LogP contribution is -2.23. The number of nitrogens with zero attached hydrogens (tertiary/aromatic N) is 24. The van der Waals surface area contributed by atoms with Crippen LogP contribution in [0.25, 0.3) is 77.6 Å². The molecule has 36 nitrogen and oxygen atoms in total. The number of benzene rings is 1. The molecule has 14 heterocycles. The second kappa shape index (κ2) is 39.7. The third kappa shape index (κ3) is 25.6. The predicted octanol–water partition coefficient (Wildman–Crippen LogP) is 10.7. The van der Waals surface area contributed by atoms with Crippen LogP contribution in [0.5, 0.6) is 24.0 Å². The molecule has 0 saturated heterocycles. The lowest BCUT2D eigenvalue weighted by Gasteiger charge is -2.08. The van der Waals surface area contributed by atoms with Crippen molar-refractivity contribution in [2.75, 3.05) is 33.0 Å². The van der Waals surface area contributed by atoms with Crippen molar-refractivity contribution >= 4 is 28.6 Å². The monoisotopic (exact) mass is 1760 g/mol. The molecule has 14 aromatic heterocycles. The highest BCUT2D eigenvalue weighted by molar-refractivity contribution is 7.15. The van der Waals surface area contributed by atoms with Crippen molar-refractivity contribution in [1.29, 1.82) is 0 Å². The number of carbonyl (C=O) groups is 1. The van der Waals surface area contributed by atoms with Gasteiger partial charge in [-0.05, 0) is 62.4 Å². The van der Waals surface area contributed by atoms with E-state index in [0.717, 1.165) is 21.4 Å². The molecule has 0 N–H and O–H groups in total. The molecular formula is C74H54F12N24O12S2. The molecule has 124 heavy (non-hydrogen) atoms. The Labute approximate surface area is 692 Å². The zero-order chi connectivity index (χ0) is 88.1. The number of hydrogen-bond donors (Lipinski definition) is 0. The molecule has 0 bridgehead atoms. The maximum atomic E-state index is 12.3. The number of rotatable bonds is 25. The van der Waals surface area contributed by atoms with E-state index in [1.54, 1.807) is 43.7 Å². The Morgan fingerprint density at radius 2 is 0.790 bits per heavy atom. The fourth-order valence-corrected chi connectivity index (χ4v) is 11.6. The van der Waals surface area contributed by atoms with Gasteiger partial charge < -0.3 is 32.7 Å². The largest absolute Gasteiger partial charge is 0.461 e. The standard InChI is InChI=1S/C21H16F3N5O3.2C18H12F3N7O2S.C17H14F3N5O5/c1-13-17(32-28-19(13)14-5-3-2-4-6-14)11-29-18(30)8-7-16(27-29)15-9-25-20(26-10-15)31-12-21(22,23)24;19-18(20,21)10-30-17-23-7-12(8-24-17)13-3-4-15(29)28(27-13)9-14-25-26-16(31-14)11-2-1-5-22-6-11;19-18(20,21)10-30-17-23-7-11(8-24-17)12-4-5-15(29)28(27-12)9-14-25-26-16(31-14)13-3-1-2-6-22-13;1-2-28-15(27)13-5-11(30-24-13)8-25-14(26)4-3-12(23-25)10-6-21-16(22-7-10)29-9-17(18,19)20/h2-10H,11-12H2,1H3;2*1-8H,9-10H2;3-7H,2,8-9H2,1H3. The number of aromatic nitrogens is 24. The van der Waals surface area contributed by atoms with Gasteiger partial charge in [0, 0.05) is 137 Å². The van der Waals surface area contributed by atoms with Crippen LogP contribution < -0.4 is 41.2 Å². The van der Waals surface area contributed by atoms with Crippen LogP contribution in [0, 0.1) is 6.92 Å². The van der Waals surface area contributed by atoms with Gasteiger partial charge in [-0.15, -0.1) is 20.4 Å². The van der Waals surface area contributed by atoms with Gasteiger partial charge >= 0.3 is 54.7 Å². The van der Waals surface area contributed by atoms with Gasteiger partial charge in [0.05, 0.1) is 42.5 Å². The summed E-state index contributed by atoms with van der Waals surface area (Å²) in [5.74, 6) is 0.00578. The topological polar surface area (TPSA) is 435 Å². The summed E-state index contributed by atoms with van der Waals surface area (Å²) in [6.45, 7) is -2.20. The highest BCUT2D eigenvalue weighted by atomic mass is 32.1. The van der Waals surface area contributed by atoms with Crippen LogP contribution in [0.2, 0.25) is 0 Å². The van der Waals surface area contributed by atoms with Crippen LogP contribution in [0.3, 0.4) is 0 Å². The van der Waals surface area contributed by atoms with E-state index in [1.165, 1.54) is 141 Å². The minimum absolute atomic E-state index is 0.0427. The van der Waals surface area contributed by atoms with Gasteiger partial charge in [-0.2, -0.15) is 73.1 Å². The highest BCUT2D eigenvalue weighted by Gasteiger charge is 2.32. The summed E-state index contributed by atoms with van der Waals surface area (Å²) < 4.78 is 184. The van der Waals surface area contributed by atoms with Crippen LogP contribution in [-0.4, -0.2) is 183 Å². The quantitative estimate of drug-likeness (QED) is 0.0379. The first-order valence-corrected chi connectivity index (χ1v) is 36.9. The maximum Gasteiger partial charge on any atom is 0.422 e. The average Bonchev–Trinajstić information content (AvgIpc) is 1.42. The average molecular weight is 1760 g/mol. The van der Waals surface area contributed by atoms with Gasteiger partial charge in [-0.3, -0.25) is 29.1 Å². The van der Waals surface area contributed by atoms with Crippen LogP contribution in [0.15, 0.2) is 212 Å². The second-order valence-electron chi connectivity index (χ2n) is 24.8. The van der Waals surface area contributed by atoms with Gasteiger partial charge in [0.1, 0.15) is 39.5 Å². The maximum absolute atomic E-state index is 12.3. The van der Waals surface area contributed by atoms with Crippen LogP contribution >= 0.6 is 22.7 Å². The normalized spacial score (nSPS) is 11.4. The molecule has 0 saturated carbocycles. The lowest BCUT2D eigenvalue weighted by molar-refractivity contribution is -0.155. The van der Waals surface area contributed by atoms with Gasteiger partial charge in [0.25, 0.3) is 22.2 Å². The van der Waals surface area contributed by atoms with Gasteiger partial charge in [0.15, 0.2) is 48.6 Å². The Balaban J connectivity index is 0.000000151. The van der Waals surface area contributed by atoms with Gasteiger partial charge in [-0.1, -0.05) is 69.4 Å². The fourth-order valence-electron chi connectivity index (χ4n) is 9.99. The summed E-state index contributed by atoms with van der Waals surface area (Å²) in [5, 5.41) is 43.4. The van der Waals surface area contributed by atoms with Crippen molar-refractivity contribution in [1.82, 2.24) is 120 Å². The van der Waals surface area contributed by atoms with E-state index in [1.807, 2.05) is 49.4 Å². The molecule has 0 spiro atoms. The Morgan fingerprint density at radius 3 is 1.19 bits per heavy atom. The highest BCUT2D eigenvalue weighted by Crippen LogP contribution is 2.29. The fraction of sp³-hybridized carbons (Fsp3) is 0.203. The number of esters is 1. The molecule has 0 aliphatic heterocycles. The molecule has 0 unspecified atom stereocenters.